The molecular formula is C25H25N2NaO4S. The Morgan fingerprint density at radius 1 is 1.12 bits per heavy atom. The van der Waals surface area contributed by atoms with Crippen LogP contribution in [-0.2, 0) is 11.2 Å². The number of rotatable bonds is 10. The molecule has 0 aliphatic rings. The van der Waals surface area contributed by atoms with E-state index in [2.05, 4.69) is 10.3 Å². The van der Waals surface area contributed by atoms with Gasteiger partial charge in [-0.1, -0.05) is 42.5 Å². The first kappa shape index (κ1) is 27.1. The second kappa shape index (κ2) is 13.5. The number of aromatic nitrogens is 1. The van der Waals surface area contributed by atoms with Crippen molar-refractivity contribution in [2.24, 2.45) is 0 Å². The Balaban J connectivity index is 0.00000385. The van der Waals surface area contributed by atoms with Gasteiger partial charge in [0.25, 0.3) is 5.91 Å². The summed E-state index contributed by atoms with van der Waals surface area (Å²) in [6, 6.07) is 17.1. The fourth-order valence-electron chi connectivity index (χ4n) is 3.40. The second-order valence-corrected chi connectivity index (χ2v) is 8.36. The maximum absolute atomic E-state index is 13.0. The molecule has 2 N–H and O–H groups in total. The zero-order valence-corrected chi connectivity index (χ0v) is 21.5. The van der Waals surface area contributed by atoms with E-state index in [1.807, 2.05) is 48.7 Å². The van der Waals surface area contributed by atoms with Gasteiger partial charge >= 0.3 is 29.6 Å². The average molecular weight is 473 g/mol. The normalized spacial score (nSPS) is 12.3. The van der Waals surface area contributed by atoms with Gasteiger partial charge in [-0.2, -0.15) is 11.8 Å². The van der Waals surface area contributed by atoms with Crippen LogP contribution in [0.2, 0.25) is 0 Å². The van der Waals surface area contributed by atoms with Crippen molar-refractivity contribution in [2.45, 2.75) is 25.0 Å². The van der Waals surface area contributed by atoms with E-state index in [4.69, 9.17) is 0 Å². The number of carbonyl (C=O) groups is 2. The first-order valence-electron chi connectivity index (χ1n) is 10.3. The average Bonchev–Trinajstić information content (AvgIpc) is 2.82. The first-order chi connectivity index (χ1) is 15.5. The summed E-state index contributed by atoms with van der Waals surface area (Å²) in [6.45, 7) is 0. The van der Waals surface area contributed by atoms with E-state index in [1.165, 1.54) is 11.8 Å². The topological polar surface area (TPSA) is 102 Å². The minimum atomic E-state index is -1.31. The number of nitrogens with zero attached hydrogens (tertiary/aromatic N) is 1. The first-order valence-corrected chi connectivity index (χ1v) is 11.7. The van der Waals surface area contributed by atoms with Crippen LogP contribution >= 0.6 is 11.8 Å². The predicted molar refractivity (Wildman–Crippen MR) is 124 cm³/mol. The predicted octanol–water partition coefficient (Wildman–Crippen LogP) is -0.370. The summed E-state index contributed by atoms with van der Waals surface area (Å²) in [7, 11) is 0. The standard InChI is InChI=1S/C25H26N2O4S.Na/c1-32-13-11-22(25(30)31)27-24(29)20-10-9-19(15-21(20)18-7-3-2-4-8-18)23(28)14-17-6-5-12-26-16-17;/h2-10,12,15-16,22-23,28H,11,13-14H2,1H3,(H,27,29)(H,30,31);/q;+1/p-1/t22-,23?;/m0./s1. The molecule has 0 aliphatic heterocycles. The minimum absolute atomic E-state index is 0. The maximum atomic E-state index is 13.0. The molecule has 1 unspecified atom stereocenters. The van der Waals surface area contributed by atoms with Crippen LogP contribution in [0.5, 0.6) is 0 Å². The molecule has 1 aromatic heterocycles. The van der Waals surface area contributed by atoms with E-state index >= 15 is 0 Å². The molecule has 2 aromatic carbocycles. The molecule has 3 rings (SSSR count). The zero-order valence-electron chi connectivity index (χ0n) is 18.7. The van der Waals surface area contributed by atoms with Crippen LogP contribution in [-0.4, -0.2) is 40.0 Å². The van der Waals surface area contributed by atoms with E-state index in [9.17, 15) is 19.8 Å². The van der Waals surface area contributed by atoms with Gasteiger partial charge < -0.3 is 20.3 Å². The number of aliphatic hydroxyl groups excluding tert-OH is 1. The van der Waals surface area contributed by atoms with Gasteiger partial charge in [-0.05, 0) is 58.9 Å². The number of thioether (sulfide) groups is 1. The molecule has 2 atom stereocenters. The molecule has 0 fully saturated rings. The number of carboxylic acids is 1. The van der Waals surface area contributed by atoms with Crippen LogP contribution < -0.4 is 40.0 Å². The summed E-state index contributed by atoms with van der Waals surface area (Å²) in [5.41, 5.74) is 3.30. The largest absolute Gasteiger partial charge is 1.00 e. The van der Waals surface area contributed by atoms with Crippen molar-refractivity contribution in [2.75, 3.05) is 12.0 Å². The van der Waals surface area contributed by atoms with Crippen molar-refractivity contribution < 1.29 is 49.4 Å². The molecule has 33 heavy (non-hydrogen) atoms. The molecule has 6 nitrogen and oxygen atoms in total. The number of nitrogens with one attached hydrogen (secondary N) is 1. The number of carboxylic acid groups (broad SMARTS) is 1. The van der Waals surface area contributed by atoms with Gasteiger partial charge in [0.2, 0.25) is 0 Å². The Hall–Kier alpha value is -2.16. The Morgan fingerprint density at radius 3 is 2.52 bits per heavy atom. The minimum Gasteiger partial charge on any atom is -0.548 e. The van der Waals surface area contributed by atoms with E-state index < -0.39 is 24.0 Å². The van der Waals surface area contributed by atoms with Crippen LogP contribution in [0.4, 0.5) is 0 Å². The molecule has 3 aromatic rings. The molecule has 0 spiro atoms. The number of hydrogen-bond acceptors (Lipinski definition) is 6. The Labute approximate surface area is 220 Å². The van der Waals surface area contributed by atoms with Gasteiger partial charge in [-0.3, -0.25) is 9.78 Å². The molecule has 0 radical (unpaired) electrons. The van der Waals surface area contributed by atoms with Crippen molar-refractivity contribution >= 4 is 23.6 Å². The van der Waals surface area contributed by atoms with Crippen molar-refractivity contribution in [1.82, 2.24) is 10.3 Å². The summed E-state index contributed by atoms with van der Waals surface area (Å²) >= 11 is 1.50. The van der Waals surface area contributed by atoms with Crippen molar-refractivity contribution in [3.8, 4) is 11.1 Å². The van der Waals surface area contributed by atoms with Gasteiger partial charge in [0.15, 0.2) is 0 Å². The van der Waals surface area contributed by atoms with E-state index in [0.717, 1.165) is 11.1 Å². The van der Waals surface area contributed by atoms with Gasteiger partial charge in [0, 0.05) is 24.4 Å². The van der Waals surface area contributed by atoms with Gasteiger partial charge in [-0.25, -0.2) is 0 Å². The number of carbonyl (C=O) groups excluding carboxylic acids is 2. The van der Waals surface area contributed by atoms with Gasteiger partial charge in [0.1, 0.15) is 0 Å². The monoisotopic (exact) mass is 472 g/mol. The molecular weight excluding hydrogens is 447 g/mol. The van der Waals surface area contributed by atoms with E-state index in [1.54, 1.807) is 30.6 Å². The van der Waals surface area contributed by atoms with Crippen molar-refractivity contribution in [3.63, 3.8) is 0 Å². The molecule has 0 bridgehead atoms. The Bertz CT molecular complexity index is 1050. The zero-order chi connectivity index (χ0) is 22.9. The summed E-state index contributed by atoms with van der Waals surface area (Å²) in [4.78, 5) is 28.6. The van der Waals surface area contributed by atoms with Crippen LogP contribution in [0, 0.1) is 0 Å². The van der Waals surface area contributed by atoms with Crippen molar-refractivity contribution in [3.05, 3.63) is 89.7 Å². The summed E-state index contributed by atoms with van der Waals surface area (Å²) in [6.07, 6.45) is 5.13. The molecule has 8 heteroatoms. The maximum Gasteiger partial charge on any atom is 1.00 e. The summed E-state index contributed by atoms with van der Waals surface area (Å²) in [5, 5.41) is 24.8. The quantitative estimate of drug-likeness (QED) is 0.391. The Morgan fingerprint density at radius 2 is 1.88 bits per heavy atom. The van der Waals surface area contributed by atoms with Crippen LogP contribution in [0.1, 0.15) is 34.0 Å². The third-order valence-electron chi connectivity index (χ3n) is 5.11. The molecule has 166 valence electrons. The molecule has 0 aliphatic carbocycles. The molecule has 1 heterocycles. The Kier molecular flexibility index (Phi) is 11.1. The van der Waals surface area contributed by atoms with Crippen LogP contribution in [0.15, 0.2) is 73.1 Å². The van der Waals surface area contributed by atoms with Gasteiger partial charge in [-0.15, -0.1) is 0 Å². The summed E-state index contributed by atoms with van der Waals surface area (Å²) in [5.74, 6) is -1.21. The van der Waals surface area contributed by atoms with E-state index in [0.29, 0.717) is 28.9 Å². The molecule has 0 saturated heterocycles. The number of benzene rings is 2. The third kappa shape index (κ3) is 7.69. The fourth-order valence-corrected chi connectivity index (χ4v) is 3.88. The molecule has 0 saturated carbocycles. The second-order valence-electron chi connectivity index (χ2n) is 7.38. The SMILES string of the molecule is CSCC[C@H](NC(=O)c1ccc(C(O)Cc2cccnc2)cc1-c1ccccc1)C(=O)[O-].[Na+]. The number of aliphatic carboxylic acids is 1. The number of hydrogen-bond donors (Lipinski definition) is 2. The van der Waals surface area contributed by atoms with E-state index in [-0.39, 0.29) is 36.0 Å². The number of amides is 1. The number of aliphatic hydroxyl groups is 1. The van der Waals surface area contributed by atoms with Crippen molar-refractivity contribution in [1.29, 1.82) is 0 Å². The summed E-state index contributed by atoms with van der Waals surface area (Å²) < 4.78 is 0. The number of pyridine rings is 1. The van der Waals surface area contributed by atoms with Gasteiger partial charge in [0.05, 0.1) is 18.1 Å². The third-order valence-corrected chi connectivity index (χ3v) is 5.75. The van der Waals surface area contributed by atoms with Crippen LogP contribution in [0.3, 0.4) is 0 Å². The molecule has 1 amide bonds. The van der Waals surface area contributed by atoms with Crippen LogP contribution in [0.25, 0.3) is 11.1 Å². The fraction of sp³-hybridized carbons (Fsp3) is 0.240. The smallest absolute Gasteiger partial charge is 0.548 e.